The van der Waals surface area contributed by atoms with Crippen molar-refractivity contribution in [3.8, 4) is 0 Å². The zero-order valence-corrected chi connectivity index (χ0v) is 12.8. The van der Waals surface area contributed by atoms with Gasteiger partial charge < -0.3 is 18.7 Å². The van der Waals surface area contributed by atoms with Gasteiger partial charge in [-0.3, -0.25) is 4.79 Å². The molecule has 2 heterocycles. The van der Waals surface area contributed by atoms with Gasteiger partial charge in [0.05, 0.1) is 13.7 Å². The van der Waals surface area contributed by atoms with Crippen molar-refractivity contribution in [1.29, 1.82) is 0 Å². The summed E-state index contributed by atoms with van der Waals surface area (Å²) in [5.74, 6) is 1.53. The van der Waals surface area contributed by atoms with Crippen molar-refractivity contribution < 1.29 is 23.5 Å². The Hall–Kier alpha value is -2.02. The van der Waals surface area contributed by atoms with Crippen LogP contribution in [0.4, 0.5) is 0 Å². The van der Waals surface area contributed by atoms with E-state index in [9.17, 15) is 4.79 Å². The number of aliphatic hydroxyl groups excluding tert-OH is 1. The molecule has 2 rings (SSSR count). The van der Waals surface area contributed by atoms with Gasteiger partial charge in [0.1, 0.15) is 33.6 Å². The molecule has 0 unspecified atom stereocenters. The van der Waals surface area contributed by atoms with Gasteiger partial charge in [0.2, 0.25) is 0 Å². The summed E-state index contributed by atoms with van der Waals surface area (Å²) in [5, 5.41) is 8.51. The zero-order valence-electron chi connectivity index (χ0n) is 12.8. The van der Waals surface area contributed by atoms with E-state index in [-0.39, 0.29) is 18.6 Å². The van der Waals surface area contributed by atoms with Crippen molar-refractivity contribution in [2.75, 3.05) is 13.7 Å². The molecule has 0 bridgehead atoms. The Morgan fingerprint density at radius 2 is 1.64 bits per heavy atom. The second-order valence-electron chi connectivity index (χ2n) is 4.31. The molecule has 0 aromatic carbocycles. The van der Waals surface area contributed by atoms with Crippen LogP contribution in [-0.4, -0.2) is 50.5 Å². The number of ether oxygens (including phenoxy) is 1. The molecule has 0 amide bonds. The number of methoxy groups -OCH3 is 1. The molecule has 0 aliphatic carbocycles. The van der Waals surface area contributed by atoms with Crippen molar-refractivity contribution in [3.63, 3.8) is 0 Å². The molecule has 114 valence electrons. The van der Waals surface area contributed by atoms with Crippen LogP contribution in [0.2, 0.25) is 0 Å². The van der Waals surface area contributed by atoms with Gasteiger partial charge in [-0.15, -0.1) is 0 Å². The first kappa shape index (κ1) is 18.0. The van der Waals surface area contributed by atoms with Crippen molar-refractivity contribution >= 4 is 32.8 Å². The van der Waals surface area contributed by atoms with Gasteiger partial charge in [0.15, 0.2) is 11.8 Å². The highest BCUT2D eigenvalue weighted by Gasteiger charge is 2.10. The lowest BCUT2D eigenvalue weighted by molar-refractivity contribution is -0.140. The molecule has 4 radical (unpaired) electrons. The van der Waals surface area contributed by atoms with Gasteiger partial charge >= 0.3 is 5.97 Å². The lowest BCUT2D eigenvalue weighted by atomic mass is 10.0. The number of rotatable bonds is 4. The molecule has 0 saturated carbocycles. The third-order valence-corrected chi connectivity index (χ3v) is 2.54. The normalized spacial score (nSPS) is 10.0. The fraction of sp³-hybridized carbons (Fsp3) is 0.462. The Morgan fingerprint density at radius 1 is 1.14 bits per heavy atom. The van der Waals surface area contributed by atoms with Crippen molar-refractivity contribution in [1.82, 2.24) is 9.97 Å². The lowest BCUT2D eigenvalue weighted by Gasteiger charge is -1.95. The topological polar surface area (TPSA) is 98.6 Å². The number of oxazole rings is 2. The standard InChI is InChI=1S/C7H8BNO3.C6H8BNO2/c1-4-9-7(8)5(12-4)3-6(10)11-2;1-4-8-6(7)5(10-4)2-3-9/h3H2,1-2H3;9H,2-3H2,1H3. The number of hydrogen-bond acceptors (Lipinski definition) is 7. The first-order valence-electron chi connectivity index (χ1n) is 6.48. The molecule has 0 aliphatic heterocycles. The van der Waals surface area contributed by atoms with E-state index in [1.54, 1.807) is 13.8 Å². The molecular weight excluding hydrogens is 286 g/mol. The summed E-state index contributed by atoms with van der Waals surface area (Å²) in [6, 6.07) is 0. The van der Waals surface area contributed by atoms with E-state index in [2.05, 4.69) is 14.7 Å². The summed E-state index contributed by atoms with van der Waals surface area (Å²) < 4.78 is 14.5. The predicted molar refractivity (Wildman–Crippen MR) is 79.8 cm³/mol. The summed E-state index contributed by atoms with van der Waals surface area (Å²) in [4.78, 5) is 18.4. The largest absolute Gasteiger partial charge is 0.469 e. The summed E-state index contributed by atoms with van der Waals surface area (Å²) >= 11 is 0. The summed E-state index contributed by atoms with van der Waals surface area (Å²) in [7, 11) is 12.2. The van der Waals surface area contributed by atoms with E-state index in [4.69, 9.17) is 29.6 Å². The number of aliphatic hydroxyl groups is 1. The van der Waals surface area contributed by atoms with Gasteiger partial charge in [-0.25, -0.2) is 9.97 Å². The van der Waals surface area contributed by atoms with Crippen molar-refractivity contribution in [3.05, 3.63) is 23.3 Å². The second-order valence-corrected chi connectivity index (χ2v) is 4.31. The number of hydrogen-bond donors (Lipinski definition) is 1. The summed E-state index contributed by atoms with van der Waals surface area (Å²) in [6.45, 7) is 3.42. The second kappa shape index (κ2) is 8.43. The van der Waals surface area contributed by atoms with E-state index in [1.165, 1.54) is 7.11 Å². The van der Waals surface area contributed by atoms with Gasteiger partial charge in [0.25, 0.3) is 0 Å². The molecule has 2 aromatic rings. The zero-order chi connectivity index (χ0) is 16.7. The minimum Gasteiger partial charge on any atom is -0.469 e. The maximum Gasteiger partial charge on any atom is 0.313 e. The Bertz CT molecular complexity index is 624. The molecule has 9 heteroatoms. The number of nitrogens with zero attached hydrogens (tertiary/aromatic N) is 2. The Morgan fingerprint density at radius 3 is 2.00 bits per heavy atom. The lowest BCUT2D eigenvalue weighted by Crippen LogP contribution is -2.14. The highest BCUT2D eigenvalue weighted by Crippen LogP contribution is 2.00. The number of carbonyl (C=O) groups is 1. The third kappa shape index (κ3) is 5.40. The van der Waals surface area contributed by atoms with Crippen LogP contribution in [0.25, 0.3) is 0 Å². The maximum atomic E-state index is 10.8. The number of esters is 1. The average Bonchev–Trinajstić information content (AvgIpc) is 2.93. The van der Waals surface area contributed by atoms with Crippen LogP contribution >= 0.6 is 0 Å². The van der Waals surface area contributed by atoms with Crippen LogP contribution < -0.4 is 11.2 Å². The summed E-state index contributed by atoms with van der Waals surface area (Å²) in [6.07, 6.45) is 0.468. The fourth-order valence-corrected chi connectivity index (χ4v) is 1.58. The van der Waals surface area contributed by atoms with Gasteiger partial charge in [-0.05, 0) is 0 Å². The Balaban J connectivity index is 0.000000224. The third-order valence-electron chi connectivity index (χ3n) is 2.54. The van der Waals surface area contributed by atoms with Crippen LogP contribution in [0, 0.1) is 13.8 Å². The molecule has 2 aromatic heterocycles. The van der Waals surface area contributed by atoms with Gasteiger partial charge in [-0.1, -0.05) is 0 Å². The number of aromatic nitrogens is 2. The molecule has 7 nitrogen and oxygen atoms in total. The Kier molecular flexibility index (Phi) is 6.91. The van der Waals surface area contributed by atoms with E-state index < -0.39 is 5.97 Å². The monoisotopic (exact) mass is 302 g/mol. The summed E-state index contributed by atoms with van der Waals surface area (Å²) in [5.41, 5.74) is 0.629. The first-order valence-corrected chi connectivity index (χ1v) is 6.48. The molecule has 1 N–H and O–H groups in total. The van der Waals surface area contributed by atoms with Crippen LogP contribution in [-0.2, 0) is 22.4 Å². The molecular formula is C13H16B2N2O5. The maximum absolute atomic E-state index is 10.8. The molecule has 0 aliphatic rings. The minimum absolute atomic E-state index is 0.0309. The molecule has 0 saturated heterocycles. The molecule has 0 fully saturated rings. The Labute approximate surface area is 130 Å². The molecule has 0 spiro atoms. The van der Waals surface area contributed by atoms with E-state index >= 15 is 0 Å². The van der Waals surface area contributed by atoms with Crippen LogP contribution in [0.5, 0.6) is 0 Å². The van der Waals surface area contributed by atoms with Crippen LogP contribution in [0.1, 0.15) is 23.3 Å². The SMILES string of the molecule is [B]c1nc(C)oc1CC(=O)OC.[B]c1nc(C)oc1CCO. The highest BCUT2D eigenvalue weighted by molar-refractivity contribution is 6.31. The van der Waals surface area contributed by atoms with Gasteiger partial charge in [0, 0.05) is 31.5 Å². The number of carbonyl (C=O) groups excluding carboxylic acids is 1. The van der Waals surface area contributed by atoms with Crippen LogP contribution in [0.3, 0.4) is 0 Å². The van der Waals surface area contributed by atoms with Gasteiger partial charge in [-0.2, -0.15) is 0 Å². The first-order chi connectivity index (χ1) is 10.4. The highest BCUT2D eigenvalue weighted by atomic mass is 16.5. The van der Waals surface area contributed by atoms with E-state index in [1.807, 2.05) is 0 Å². The average molecular weight is 302 g/mol. The quantitative estimate of drug-likeness (QED) is 0.559. The minimum atomic E-state index is -0.391. The number of aryl methyl sites for hydroxylation is 2. The van der Waals surface area contributed by atoms with Crippen molar-refractivity contribution in [2.24, 2.45) is 0 Å². The fourth-order valence-electron chi connectivity index (χ4n) is 1.58. The smallest absolute Gasteiger partial charge is 0.313 e. The van der Waals surface area contributed by atoms with E-state index in [0.717, 1.165) is 0 Å². The van der Waals surface area contributed by atoms with Crippen molar-refractivity contribution in [2.45, 2.75) is 26.7 Å². The van der Waals surface area contributed by atoms with Crippen LogP contribution in [0.15, 0.2) is 8.83 Å². The van der Waals surface area contributed by atoms with E-state index in [0.29, 0.717) is 35.3 Å². The molecule has 0 atom stereocenters. The predicted octanol–water partition coefficient (Wildman–Crippen LogP) is -1.20. The molecule has 22 heavy (non-hydrogen) atoms.